The van der Waals surface area contributed by atoms with Crippen LogP contribution in [-0.4, -0.2) is 19.3 Å². The van der Waals surface area contributed by atoms with Crippen LogP contribution < -0.4 is 14.2 Å². The Bertz CT molecular complexity index is 1300. The first-order valence-corrected chi connectivity index (χ1v) is 11.3. The Morgan fingerprint density at radius 3 is 1.58 bits per heavy atom. The summed E-state index contributed by atoms with van der Waals surface area (Å²) in [7, 11) is 0. The van der Waals surface area contributed by atoms with Crippen molar-refractivity contribution in [3.8, 4) is 39.5 Å². The number of alkyl halides is 2. The Hall–Kier alpha value is -4.00. The standard InChI is InChI=1S/C29H24F4O3/c1-3-34-25-16-17-26(28(31)27(25)30)36-29(32,33)18-35-24-14-12-23(13-15-24)22-10-8-21(9-11-22)20-6-4-19(2)5-7-20/h4-17H,3,18H2,1-2H3. The molecule has 0 radical (unpaired) electrons. The van der Waals surface area contributed by atoms with E-state index < -0.39 is 30.1 Å². The molecule has 0 amide bonds. The third-order valence-corrected chi connectivity index (χ3v) is 5.43. The van der Waals surface area contributed by atoms with Crippen LogP contribution >= 0.6 is 0 Å². The molecule has 0 saturated carbocycles. The summed E-state index contributed by atoms with van der Waals surface area (Å²) >= 11 is 0. The molecule has 0 fully saturated rings. The molecule has 0 unspecified atom stereocenters. The summed E-state index contributed by atoms with van der Waals surface area (Å²) in [6.45, 7) is 2.53. The molecule has 0 bridgehead atoms. The third kappa shape index (κ3) is 5.97. The van der Waals surface area contributed by atoms with E-state index in [4.69, 9.17) is 9.47 Å². The van der Waals surface area contributed by atoms with Crippen molar-refractivity contribution in [3.63, 3.8) is 0 Å². The van der Waals surface area contributed by atoms with E-state index in [1.54, 1.807) is 31.2 Å². The van der Waals surface area contributed by atoms with Crippen molar-refractivity contribution in [3.05, 3.63) is 102 Å². The molecule has 36 heavy (non-hydrogen) atoms. The van der Waals surface area contributed by atoms with Crippen molar-refractivity contribution < 1.29 is 31.8 Å². The van der Waals surface area contributed by atoms with Gasteiger partial charge in [-0.3, -0.25) is 0 Å². The molecule has 0 spiro atoms. The molecule has 0 aromatic heterocycles. The molecule has 0 aliphatic carbocycles. The molecule has 0 heterocycles. The second-order valence-electron chi connectivity index (χ2n) is 8.12. The molecular formula is C29H24F4O3. The third-order valence-electron chi connectivity index (χ3n) is 5.43. The molecule has 4 aromatic carbocycles. The maximum Gasteiger partial charge on any atom is 0.433 e. The Morgan fingerprint density at radius 2 is 1.06 bits per heavy atom. The number of hydrogen-bond acceptors (Lipinski definition) is 3. The van der Waals surface area contributed by atoms with Crippen LogP contribution in [0.1, 0.15) is 12.5 Å². The molecule has 0 saturated heterocycles. The zero-order chi connectivity index (χ0) is 25.7. The van der Waals surface area contributed by atoms with E-state index in [-0.39, 0.29) is 18.1 Å². The average Bonchev–Trinajstić information content (AvgIpc) is 2.88. The fourth-order valence-electron chi connectivity index (χ4n) is 3.56. The van der Waals surface area contributed by atoms with Crippen LogP contribution in [0.5, 0.6) is 17.2 Å². The Kier molecular flexibility index (Phi) is 7.48. The van der Waals surface area contributed by atoms with Gasteiger partial charge in [0.1, 0.15) is 5.75 Å². The number of ether oxygens (including phenoxy) is 3. The van der Waals surface area contributed by atoms with Gasteiger partial charge in [0.25, 0.3) is 0 Å². The van der Waals surface area contributed by atoms with E-state index >= 15 is 0 Å². The molecular weight excluding hydrogens is 472 g/mol. The van der Waals surface area contributed by atoms with Crippen LogP contribution in [0.15, 0.2) is 84.9 Å². The van der Waals surface area contributed by atoms with Gasteiger partial charge in [-0.2, -0.15) is 17.6 Å². The lowest BCUT2D eigenvalue weighted by Gasteiger charge is -2.19. The second-order valence-corrected chi connectivity index (χ2v) is 8.12. The van der Waals surface area contributed by atoms with E-state index in [2.05, 4.69) is 29.0 Å². The summed E-state index contributed by atoms with van der Waals surface area (Å²) in [6.07, 6.45) is -3.90. The van der Waals surface area contributed by atoms with Crippen LogP contribution in [-0.2, 0) is 0 Å². The fraction of sp³-hybridized carbons (Fsp3) is 0.172. The minimum Gasteiger partial charge on any atom is -0.491 e. The summed E-state index contributed by atoms with van der Waals surface area (Å²) in [4.78, 5) is 0. The minimum absolute atomic E-state index is 0.0953. The van der Waals surface area contributed by atoms with Crippen LogP contribution in [0.2, 0.25) is 0 Å². The van der Waals surface area contributed by atoms with Gasteiger partial charge in [0.15, 0.2) is 18.1 Å². The first-order chi connectivity index (χ1) is 17.3. The molecule has 0 N–H and O–H groups in total. The molecule has 0 aliphatic rings. The molecule has 4 aromatic rings. The molecule has 186 valence electrons. The number of rotatable bonds is 9. The predicted molar refractivity (Wildman–Crippen MR) is 131 cm³/mol. The maximum atomic E-state index is 14.2. The maximum absolute atomic E-state index is 14.2. The van der Waals surface area contributed by atoms with Gasteiger partial charge in [0, 0.05) is 0 Å². The van der Waals surface area contributed by atoms with Gasteiger partial charge in [-0.1, -0.05) is 66.2 Å². The molecule has 0 atom stereocenters. The fourth-order valence-corrected chi connectivity index (χ4v) is 3.56. The molecule has 4 rings (SSSR count). The lowest BCUT2D eigenvalue weighted by atomic mass is 10.00. The van der Waals surface area contributed by atoms with E-state index in [0.29, 0.717) is 0 Å². The first-order valence-electron chi connectivity index (χ1n) is 11.3. The van der Waals surface area contributed by atoms with E-state index in [0.717, 1.165) is 34.4 Å². The molecule has 0 aliphatic heterocycles. The van der Waals surface area contributed by atoms with Crippen LogP contribution in [0.25, 0.3) is 22.3 Å². The SMILES string of the molecule is CCOc1ccc(OC(F)(F)COc2ccc(-c3ccc(-c4ccc(C)cc4)cc3)cc2)c(F)c1F. The number of benzene rings is 4. The van der Waals surface area contributed by atoms with Crippen LogP contribution in [0, 0.1) is 18.6 Å². The van der Waals surface area contributed by atoms with Crippen molar-refractivity contribution in [1.29, 1.82) is 0 Å². The second kappa shape index (κ2) is 10.7. The van der Waals surface area contributed by atoms with Crippen molar-refractivity contribution >= 4 is 0 Å². The lowest BCUT2D eigenvalue weighted by Crippen LogP contribution is -2.33. The normalized spacial score (nSPS) is 11.3. The van der Waals surface area contributed by atoms with Gasteiger partial charge in [-0.15, -0.1) is 0 Å². The summed E-state index contributed by atoms with van der Waals surface area (Å²) in [5.74, 6) is -4.09. The van der Waals surface area contributed by atoms with Gasteiger partial charge in [-0.25, -0.2) is 0 Å². The van der Waals surface area contributed by atoms with Gasteiger partial charge in [0.2, 0.25) is 11.6 Å². The predicted octanol–water partition coefficient (Wildman–Crippen LogP) is 8.06. The van der Waals surface area contributed by atoms with E-state index in [1.165, 1.54) is 5.56 Å². The Balaban J connectivity index is 1.37. The summed E-state index contributed by atoms with van der Waals surface area (Å²) < 4.78 is 70.9. The highest BCUT2D eigenvalue weighted by Crippen LogP contribution is 2.32. The van der Waals surface area contributed by atoms with Crippen molar-refractivity contribution in [2.75, 3.05) is 13.2 Å². The Morgan fingerprint density at radius 1 is 0.611 bits per heavy atom. The summed E-state index contributed by atoms with van der Waals surface area (Å²) in [6, 6.07) is 24.8. The van der Waals surface area contributed by atoms with E-state index in [1.807, 2.05) is 31.2 Å². The van der Waals surface area contributed by atoms with Crippen LogP contribution in [0.3, 0.4) is 0 Å². The monoisotopic (exact) mass is 496 g/mol. The highest BCUT2D eigenvalue weighted by Gasteiger charge is 2.35. The van der Waals surface area contributed by atoms with Gasteiger partial charge < -0.3 is 14.2 Å². The summed E-state index contributed by atoms with van der Waals surface area (Å²) in [5.41, 5.74) is 5.24. The highest BCUT2D eigenvalue weighted by molar-refractivity contribution is 5.70. The minimum atomic E-state index is -3.90. The van der Waals surface area contributed by atoms with Gasteiger partial charge in [-0.05, 0) is 60.4 Å². The quantitative estimate of drug-likeness (QED) is 0.219. The van der Waals surface area contributed by atoms with Crippen molar-refractivity contribution in [2.45, 2.75) is 20.0 Å². The molecule has 3 nitrogen and oxygen atoms in total. The summed E-state index contributed by atoms with van der Waals surface area (Å²) in [5, 5.41) is 0. The van der Waals surface area contributed by atoms with Crippen molar-refractivity contribution in [2.24, 2.45) is 0 Å². The zero-order valence-electron chi connectivity index (χ0n) is 19.7. The van der Waals surface area contributed by atoms with Gasteiger partial charge >= 0.3 is 6.11 Å². The van der Waals surface area contributed by atoms with Crippen molar-refractivity contribution in [1.82, 2.24) is 0 Å². The number of aryl methyl sites for hydroxylation is 1. The lowest BCUT2D eigenvalue weighted by molar-refractivity contribution is -0.196. The number of halogens is 4. The smallest absolute Gasteiger partial charge is 0.433 e. The van der Waals surface area contributed by atoms with Crippen LogP contribution in [0.4, 0.5) is 17.6 Å². The topological polar surface area (TPSA) is 27.7 Å². The first kappa shape index (κ1) is 25.1. The largest absolute Gasteiger partial charge is 0.491 e. The Labute approximate surface area is 206 Å². The average molecular weight is 497 g/mol. The van der Waals surface area contributed by atoms with Gasteiger partial charge in [0.05, 0.1) is 6.61 Å². The zero-order valence-corrected chi connectivity index (χ0v) is 19.7. The van der Waals surface area contributed by atoms with E-state index in [9.17, 15) is 17.6 Å². The number of hydrogen-bond donors (Lipinski definition) is 0. The molecule has 7 heteroatoms. The highest BCUT2D eigenvalue weighted by atomic mass is 19.3.